The van der Waals surface area contributed by atoms with Gasteiger partial charge in [0.1, 0.15) is 0 Å². The van der Waals surface area contributed by atoms with Crippen molar-refractivity contribution in [2.24, 2.45) is 0 Å². The molecule has 1 N–H and O–H groups in total. The van der Waals surface area contributed by atoms with Gasteiger partial charge in [0.25, 0.3) is 0 Å². The van der Waals surface area contributed by atoms with Crippen LogP contribution in [0.3, 0.4) is 0 Å². The van der Waals surface area contributed by atoms with E-state index in [9.17, 15) is 4.79 Å². The van der Waals surface area contributed by atoms with Crippen molar-refractivity contribution in [3.63, 3.8) is 0 Å². The number of piperidine rings is 1. The van der Waals surface area contributed by atoms with Gasteiger partial charge in [-0.25, -0.2) is 4.98 Å². The molecule has 2 aromatic rings. The van der Waals surface area contributed by atoms with E-state index in [1.165, 1.54) is 22.5 Å². The third-order valence-corrected chi connectivity index (χ3v) is 7.40. The van der Waals surface area contributed by atoms with Crippen LogP contribution in [0.1, 0.15) is 61.0 Å². The second-order valence-electron chi connectivity index (χ2n) is 8.61. The number of carbonyl (C=O) groups excluding carboxylic acids is 1. The zero-order valence-electron chi connectivity index (χ0n) is 16.8. The minimum absolute atomic E-state index is 0.0130. The second kappa shape index (κ2) is 7.03. The van der Waals surface area contributed by atoms with E-state index >= 15 is 0 Å². The number of fused-ring (bicyclic) bond motifs is 3. The van der Waals surface area contributed by atoms with Gasteiger partial charge in [-0.1, -0.05) is 31.2 Å². The summed E-state index contributed by atoms with van der Waals surface area (Å²) in [5, 5.41) is 0. The topological polar surface area (TPSA) is 52.2 Å². The van der Waals surface area contributed by atoms with E-state index < -0.39 is 0 Å². The zero-order valence-corrected chi connectivity index (χ0v) is 16.8. The highest BCUT2D eigenvalue weighted by atomic mass is 16.2. The Bertz CT molecular complexity index is 865. The molecular formula is C23H30N4O. The average molecular weight is 379 g/mol. The van der Waals surface area contributed by atoms with Crippen molar-refractivity contribution in [1.82, 2.24) is 19.8 Å². The molecule has 5 nitrogen and oxygen atoms in total. The average Bonchev–Trinajstić information content (AvgIpc) is 3.37. The Hall–Kier alpha value is -2.14. The summed E-state index contributed by atoms with van der Waals surface area (Å²) in [7, 11) is 0. The van der Waals surface area contributed by atoms with Crippen molar-refractivity contribution < 1.29 is 4.79 Å². The summed E-state index contributed by atoms with van der Waals surface area (Å²) in [6, 6.07) is 8.65. The largest absolute Gasteiger partial charge is 0.348 e. The van der Waals surface area contributed by atoms with Gasteiger partial charge in [0.2, 0.25) is 5.91 Å². The Morgan fingerprint density at radius 3 is 2.86 bits per heavy atom. The van der Waals surface area contributed by atoms with Crippen LogP contribution in [0.2, 0.25) is 0 Å². The van der Waals surface area contributed by atoms with Crippen molar-refractivity contribution in [3.8, 4) is 0 Å². The monoisotopic (exact) mass is 378 g/mol. The quantitative estimate of drug-likeness (QED) is 0.892. The molecule has 1 spiro atoms. The first-order chi connectivity index (χ1) is 13.7. The number of aromatic amines is 1. The number of hydrogen-bond donors (Lipinski definition) is 1. The lowest BCUT2D eigenvalue weighted by Crippen LogP contribution is -2.57. The number of imidazole rings is 1. The van der Waals surface area contributed by atoms with Crippen LogP contribution >= 0.6 is 0 Å². The molecule has 1 saturated heterocycles. The molecule has 1 aromatic carbocycles. The van der Waals surface area contributed by atoms with Crippen molar-refractivity contribution in [2.75, 3.05) is 26.2 Å². The van der Waals surface area contributed by atoms with Gasteiger partial charge >= 0.3 is 0 Å². The van der Waals surface area contributed by atoms with Gasteiger partial charge in [0.05, 0.1) is 17.6 Å². The number of amides is 1. The van der Waals surface area contributed by atoms with Crippen LogP contribution in [0.25, 0.3) is 0 Å². The standard InChI is InChI=1S/C23H30N4O/c1-2-27-12-9-20-22(25-16-24-20)23(27)10-13-26(14-11-23)21(28)15-18-8-7-17-5-3-4-6-19(17)18/h3-6,16,18H,2,7-15H2,1H3,(H,24,25)/t18-/m1/s1. The summed E-state index contributed by atoms with van der Waals surface area (Å²) < 4.78 is 0. The van der Waals surface area contributed by atoms with E-state index in [1.807, 2.05) is 6.33 Å². The van der Waals surface area contributed by atoms with E-state index in [0.717, 1.165) is 58.3 Å². The minimum atomic E-state index is 0.0130. The van der Waals surface area contributed by atoms with Crippen molar-refractivity contribution in [2.45, 2.75) is 56.9 Å². The lowest BCUT2D eigenvalue weighted by Gasteiger charge is -2.50. The van der Waals surface area contributed by atoms with Crippen molar-refractivity contribution in [3.05, 3.63) is 53.1 Å². The molecule has 1 amide bonds. The maximum atomic E-state index is 13.1. The summed E-state index contributed by atoms with van der Waals surface area (Å²) in [5.74, 6) is 0.733. The molecule has 1 aliphatic carbocycles. The van der Waals surface area contributed by atoms with E-state index in [1.54, 1.807) is 0 Å². The predicted octanol–water partition coefficient (Wildman–Crippen LogP) is 3.23. The van der Waals surface area contributed by atoms with Crippen LogP contribution in [0.5, 0.6) is 0 Å². The number of benzene rings is 1. The van der Waals surface area contributed by atoms with Crippen molar-refractivity contribution >= 4 is 5.91 Å². The highest BCUT2D eigenvalue weighted by Crippen LogP contribution is 2.42. The molecule has 148 valence electrons. The molecule has 1 fully saturated rings. The van der Waals surface area contributed by atoms with Gasteiger partial charge in [0, 0.05) is 38.2 Å². The summed E-state index contributed by atoms with van der Waals surface area (Å²) in [6.45, 7) is 6.05. The Labute approximate surface area is 167 Å². The second-order valence-corrected chi connectivity index (χ2v) is 8.61. The number of rotatable bonds is 3. The third kappa shape index (κ3) is 2.79. The third-order valence-electron chi connectivity index (χ3n) is 7.40. The van der Waals surface area contributed by atoms with E-state index in [-0.39, 0.29) is 5.54 Å². The molecule has 5 rings (SSSR count). The Morgan fingerprint density at radius 2 is 2.04 bits per heavy atom. The minimum Gasteiger partial charge on any atom is -0.348 e. The lowest BCUT2D eigenvalue weighted by atomic mass is 9.78. The molecule has 0 saturated carbocycles. The predicted molar refractivity (Wildman–Crippen MR) is 109 cm³/mol. The molecule has 3 heterocycles. The molecule has 0 bridgehead atoms. The normalized spacial score (nSPS) is 23.6. The first kappa shape index (κ1) is 17.9. The SMILES string of the molecule is CCN1CCc2[nH]cnc2C12CCN(C(=O)C[C@H]1CCc3ccccc31)CC2. The van der Waals surface area contributed by atoms with Crippen molar-refractivity contribution in [1.29, 1.82) is 0 Å². The molecule has 3 aliphatic rings. The fraction of sp³-hybridized carbons (Fsp3) is 0.565. The molecule has 1 atom stereocenters. The molecule has 0 radical (unpaired) electrons. The van der Waals surface area contributed by atoms with Gasteiger partial charge < -0.3 is 9.88 Å². The number of aryl methyl sites for hydroxylation is 1. The molecule has 28 heavy (non-hydrogen) atoms. The Kier molecular flexibility index (Phi) is 4.50. The number of nitrogens with one attached hydrogen (secondary N) is 1. The maximum Gasteiger partial charge on any atom is 0.223 e. The fourth-order valence-corrected chi connectivity index (χ4v) is 5.86. The molecular weight excluding hydrogens is 348 g/mol. The zero-order chi connectivity index (χ0) is 19.1. The number of likely N-dealkylation sites (tertiary alicyclic amines) is 1. The molecule has 1 aromatic heterocycles. The van der Waals surface area contributed by atoms with Crippen LogP contribution in [-0.4, -0.2) is 51.9 Å². The summed E-state index contributed by atoms with van der Waals surface area (Å²) in [6.07, 6.45) is 7.77. The fourth-order valence-electron chi connectivity index (χ4n) is 5.86. The van der Waals surface area contributed by atoms with Crippen LogP contribution in [-0.2, 0) is 23.2 Å². The van der Waals surface area contributed by atoms with Crippen LogP contribution < -0.4 is 0 Å². The summed E-state index contributed by atoms with van der Waals surface area (Å²) in [4.78, 5) is 25.8. The molecule has 2 aliphatic heterocycles. The van der Waals surface area contributed by atoms with E-state index in [4.69, 9.17) is 4.98 Å². The Balaban J connectivity index is 1.28. The number of likely N-dealkylation sites (N-methyl/N-ethyl adjacent to an activating group) is 1. The number of hydrogen-bond acceptors (Lipinski definition) is 3. The van der Waals surface area contributed by atoms with Crippen LogP contribution in [0.15, 0.2) is 30.6 Å². The number of H-pyrrole nitrogens is 1. The first-order valence-electron chi connectivity index (χ1n) is 10.8. The van der Waals surface area contributed by atoms with Gasteiger partial charge in [-0.05, 0) is 49.3 Å². The number of aromatic nitrogens is 2. The first-order valence-corrected chi connectivity index (χ1v) is 10.8. The van der Waals surface area contributed by atoms with E-state index in [0.29, 0.717) is 18.2 Å². The smallest absolute Gasteiger partial charge is 0.223 e. The lowest BCUT2D eigenvalue weighted by molar-refractivity contribution is -0.134. The van der Waals surface area contributed by atoms with Crippen LogP contribution in [0, 0.1) is 0 Å². The molecule has 0 unspecified atom stereocenters. The summed E-state index contributed by atoms with van der Waals surface area (Å²) in [5.41, 5.74) is 5.38. The number of carbonyl (C=O) groups is 1. The Morgan fingerprint density at radius 1 is 1.21 bits per heavy atom. The number of nitrogens with zero attached hydrogens (tertiary/aromatic N) is 3. The highest BCUT2D eigenvalue weighted by molar-refractivity contribution is 5.77. The van der Waals surface area contributed by atoms with E-state index in [2.05, 4.69) is 46.0 Å². The van der Waals surface area contributed by atoms with Gasteiger partial charge in [-0.3, -0.25) is 9.69 Å². The maximum absolute atomic E-state index is 13.1. The van der Waals surface area contributed by atoms with Gasteiger partial charge in [0.15, 0.2) is 0 Å². The van der Waals surface area contributed by atoms with Crippen LogP contribution in [0.4, 0.5) is 0 Å². The highest BCUT2D eigenvalue weighted by Gasteiger charge is 2.46. The van der Waals surface area contributed by atoms with Gasteiger partial charge in [-0.2, -0.15) is 0 Å². The molecule has 5 heteroatoms. The van der Waals surface area contributed by atoms with Gasteiger partial charge in [-0.15, -0.1) is 0 Å². The summed E-state index contributed by atoms with van der Waals surface area (Å²) >= 11 is 0.